The number of pyridine rings is 1. The first-order chi connectivity index (χ1) is 14.2. The Morgan fingerprint density at radius 2 is 2.03 bits per heavy atom. The number of fused-ring (bicyclic) bond motifs is 2. The predicted octanol–water partition coefficient (Wildman–Crippen LogP) is 4.35. The van der Waals surface area contributed by atoms with Crippen LogP contribution in [0.15, 0.2) is 24.4 Å². The summed E-state index contributed by atoms with van der Waals surface area (Å²) in [4.78, 5) is 20.7. The van der Waals surface area contributed by atoms with E-state index in [9.17, 15) is 18.0 Å². The van der Waals surface area contributed by atoms with Crippen LogP contribution in [0, 0.1) is 0 Å². The molecule has 0 saturated heterocycles. The lowest BCUT2D eigenvalue weighted by Gasteiger charge is -2.15. The van der Waals surface area contributed by atoms with Crippen LogP contribution in [0.25, 0.3) is 11.0 Å². The summed E-state index contributed by atoms with van der Waals surface area (Å²) in [6.45, 7) is 2.71. The summed E-state index contributed by atoms with van der Waals surface area (Å²) in [5.41, 5.74) is 1.61. The molecule has 3 aromatic rings. The summed E-state index contributed by atoms with van der Waals surface area (Å²) in [5.74, 6) is 0.687. The highest BCUT2D eigenvalue weighted by molar-refractivity contribution is 6.00. The molecule has 158 valence electrons. The minimum atomic E-state index is -4.50. The van der Waals surface area contributed by atoms with Crippen molar-refractivity contribution in [1.82, 2.24) is 14.9 Å². The van der Waals surface area contributed by atoms with E-state index < -0.39 is 11.7 Å². The third-order valence-corrected chi connectivity index (χ3v) is 4.99. The van der Waals surface area contributed by atoms with Gasteiger partial charge >= 0.3 is 6.18 Å². The SMILES string of the molecule is CCNc1cc(Nc2cc3c(cc2OC)C(=O)N(C)C3)nc2[nH]cc(C(F)(F)F)c12. The van der Waals surface area contributed by atoms with Crippen LogP contribution in [0.5, 0.6) is 5.75 Å². The summed E-state index contributed by atoms with van der Waals surface area (Å²) in [6, 6.07) is 4.98. The molecule has 0 unspecified atom stereocenters. The van der Waals surface area contributed by atoms with Crippen LogP contribution in [0.1, 0.15) is 28.4 Å². The van der Waals surface area contributed by atoms with E-state index in [1.165, 1.54) is 13.2 Å². The number of carbonyl (C=O) groups excluding carboxylic acids is 1. The molecule has 0 saturated carbocycles. The van der Waals surface area contributed by atoms with Crippen LogP contribution < -0.4 is 15.4 Å². The third kappa shape index (κ3) is 3.27. The summed E-state index contributed by atoms with van der Waals surface area (Å²) in [5, 5.41) is 6.08. The third-order valence-electron chi connectivity index (χ3n) is 4.99. The Kier molecular flexibility index (Phi) is 4.71. The highest BCUT2D eigenvalue weighted by atomic mass is 19.4. The van der Waals surface area contributed by atoms with Gasteiger partial charge in [-0.25, -0.2) is 4.98 Å². The summed E-state index contributed by atoms with van der Waals surface area (Å²) < 4.78 is 45.5. The Hall–Kier alpha value is -3.43. The number of aromatic nitrogens is 2. The molecule has 7 nitrogen and oxygen atoms in total. The Labute approximate surface area is 170 Å². The Morgan fingerprint density at radius 3 is 2.70 bits per heavy atom. The zero-order chi connectivity index (χ0) is 21.6. The standard InChI is InChI=1S/C20H20F3N5O2/c1-4-24-14-7-16(27-18-17(14)12(8-25-18)20(21,22)23)26-13-5-10-9-28(2)19(29)11(10)6-15(13)30-3/h5-8H,4,9H2,1-3H3,(H3,24,25,26,27). The zero-order valence-corrected chi connectivity index (χ0v) is 16.6. The Morgan fingerprint density at radius 1 is 1.27 bits per heavy atom. The van der Waals surface area contributed by atoms with Gasteiger partial charge in [-0.2, -0.15) is 13.2 Å². The van der Waals surface area contributed by atoms with Crippen LogP contribution in [-0.4, -0.2) is 41.5 Å². The van der Waals surface area contributed by atoms with E-state index in [0.29, 0.717) is 41.6 Å². The molecule has 1 aliphatic rings. The number of anilines is 3. The second-order valence-corrected chi connectivity index (χ2v) is 7.00. The number of methoxy groups -OCH3 is 1. The van der Waals surface area contributed by atoms with Crippen LogP contribution in [0.4, 0.5) is 30.4 Å². The average molecular weight is 419 g/mol. The maximum Gasteiger partial charge on any atom is 0.418 e. The highest BCUT2D eigenvalue weighted by Gasteiger charge is 2.35. The van der Waals surface area contributed by atoms with Gasteiger partial charge in [0.25, 0.3) is 5.91 Å². The molecule has 30 heavy (non-hydrogen) atoms. The van der Waals surface area contributed by atoms with Gasteiger partial charge in [-0.3, -0.25) is 4.79 Å². The number of hydrogen-bond acceptors (Lipinski definition) is 5. The van der Waals surface area contributed by atoms with E-state index in [1.807, 2.05) is 0 Å². The highest BCUT2D eigenvalue weighted by Crippen LogP contribution is 2.40. The minimum Gasteiger partial charge on any atom is -0.495 e. The molecule has 4 rings (SSSR count). The van der Waals surface area contributed by atoms with Crippen molar-refractivity contribution in [2.24, 2.45) is 0 Å². The molecule has 0 bridgehead atoms. The number of amides is 1. The molecular weight excluding hydrogens is 399 g/mol. The van der Waals surface area contributed by atoms with Crippen LogP contribution in [0.3, 0.4) is 0 Å². The monoisotopic (exact) mass is 419 g/mol. The number of halogens is 3. The maximum atomic E-state index is 13.4. The number of nitrogens with zero attached hydrogens (tertiary/aromatic N) is 2. The molecule has 2 aromatic heterocycles. The molecule has 3 N–H and O–H groups in total. The van der Waals surface area contributed by atoms with Gasteiger partial charge in [0, 0.05) is 43.7 Å². The molecule has 1 amide bonds. The lowest BCUT2D eigenvalue weighted by molar-refractivity contribution is -0.136. The Bertz CT molecular complexity index is 1140. The predicted molar refractivity (Wildman–Crippen MR) is 107 cm³/mol. The fourth-order valence-corrected chi connectivity index (χ4v) is 3.64. The van der Waals surface area contributed by atoms with Crippen LogP contribution in [0.2, 0.25) is 0 Å². The van der Waals surface area contributed by atoms with Gasteiger partial charge in [0.2, 0.25) is 0 Å². The number of nitrogens with one attached hydrogen (secondary N) is 3. The molecule has 0 atom stereocenters. The lowest BCUT2D eigenvalue weighted by Crippen LogP contribution is -2.17. The number of ether oxygens (including phenoxy) is 1. The molecule has 3 heterocycles. The first kappa shape index (κ1) is 19.9. The minimum absolute atomic E-state index is 0.0111. The van der Waals surface area contributed by atoms with Gasteiger partial charge in [0.15, 0.2) is 0 Å². The molecule has 10 heteroatoms. The summed E-state index contributed by atoms with van der Waals surface area (Å²) >= 11 is 0. The molecule has 1 aromatic carbocycles. The van der Waals surface area contributed by atoms with Crippen LogP contribution in [-0.2, 0) is 12.7 Å². The van der Waals surface area contributed by atoms with Gasteiger partial charge in [-0.05, 0) is 24.6 Å². The number of hydrogen-bond donors (Lipinski definition) is 3. The van der Waals surface area contributed by atoms with Crippen molar-refractivity contribution in [2.45, 2.75) is 19.6 Å². The summed E-state index contributed by atoms with van der Waals surface area (Å²) in [7, 11) is 3.20. The molecule has 0 radical (unpaired) electrons. The van der Waals surface area contributed by atoms with E-state index in [1.54, 1.807) is 31.0 Å². The molecule has 1 aliphatic heterocycles. The molecule has 0 fully saturated rings. The van der Waals surface area contributed by atoms with Gasteiger partial charge in [0.1, 0.15) is 17.2 Å². The fourth-order valence-electron chi connectivity index (χ4n) is 3.64. The lowest BCUT2D eigenvalue weighted by atomic mass is 10.1. The molecule has 0 aliphatic carbocycles. The fraction of sp³-hybridized carbons (Fsp3) is 0.300. The van der Waals surface area contributed by atoms with Crippen molar-refractivity contribution >= 4 is 34.1 Å². The topological polar surface area (TPSA) is 82.3 Å². The van der Waals surface area contributed by atoms with E-state index in [0.717, 1.165) is 11.8 Å². The second-order valence-electron chi connectivity index (χ2n) is 7.00. The van der Waals surface area contributed by atoms with Crippen molar-refractivity contribution in [2.75, 3.05) is 31.3 Å². The van der Waals surface area contributed by atoms with Gasteiger partial charge < -0.3 is 25.3 Å². The number of aromatic amines is 1. The van der Waals surface area contributed by atoms with E-state index in [4.69, 9.17) is 4.74 Å². The number of H-pyrrole nitrogens is 1. The Balaban J connectivity index is 1.78. The van der Waals surface area contributed by atoms with Gasteiger partial charge in [0.05, 0.1) is 23.7 Å². The van der Waals surface area contributed by atoms with Gasteiger partial charge in [-0.15, -0.1) is 0 Å². The first-order valence-corrected chi connectivity index (χ1v) is 9.29. The quantitative estimate of drug-likeness (QED) is 0.573. The smallest absolute Gasteiger partial charge is 0.418 e. The van der Waals surface area contributed by atoms with Crippen molar-refractivity contribution in [3.8, 4) is 5.75 Å². The van der Waals surface area contributed by atoms with Crippen molar-refractivity contribution in [1.29, 1.82) is 0 Å². The number of alkyl halides is 3. The van der Waals surface area contributed by atoms with Crippen molar-refractivity contribution in [3.63, 3.8) is 0 Å². The number of rotatable bonds is 5. The normalized spacial score (nSPS) is 13.7. The van der Waals surface area contributed by atoms with Crippen LogP contribution >= 0.6 is 0 Å². The van der Waals surface area contributed by atoms with Crippen molar-refractivity contribution < 1.29 is 22.7 Å². The van der Waals surface area contributed by atoms with Gasteiger partial charge in [-0.1, -0.05) is 0 Å². The maximum absolute atomic E-state index is 13.4. The molecule has 0 spiro atoms. The zero-order valence-electron chi connectivity index (χ0n) is 16.6. The molecular formula is C20H20F3N5O2. The first-order valence-electron chi connectivity index (χ1n) is 9.29. The average Bonchev–Trinajstić information content (AvgIpc) is 3.23. The van der Waals surface area contributed by atoms with E-state index in [2.05, 4.69) is 20.6 Å². The second kappa shape index (κ2) is 7.12. The van der Waals surface area contributed by atoms with E-state index in [-0.39, 0.29) is 16.9 Å². The van der Waals surface area contributed by atoms with Crippen molar-refractivity contribution in [3.05, 3.63) is 41.1 Å². The van der Waals surface area contributed by atoms with E-state index >= 15 is 0 Å². The summed E-state index contributed by atoms with van der Waals surface area (Å²) in [6.07, 6.45) is -3.58. The number of benzene rings is 1. The largest absolute Gasteiger partial charge is 0.495 e. The number of carbonyl (C=O) groups is 1.